The smallest absolute Gasteiger partial charge is 0.255 e. The molecule has 0 unspecified atom stereocenters. The van der Waals surface area contributed by atoms with Gasteiger partial charge < -0.3 is 14.8 Å². The van der Waals surface area contributed by atoms with Crippen molar-refractivity contribution in [2.45, 2.75) is 39.7 Å². The van der Waals surface area contributed by atoms with Crippen molar-refractivity contribution in [3.8, 4) is 0 Å². The number of hydrogen-bond donors (Lipinski definition) is 1. The van der Waals surface area contributed by atoms with Crippen LogP contribution < -0.4 is 5.32 Å². The highest BCUT2D eigenvalue weighted by atomic mass is 35.5. The molecule has 0 aromatic carbocycles. The number of carbonyl (C=O) groups is 1. The number of aromatic nitrogens is 2. The van der Waals surface area contributed by atoms with Gasteiger partial charge in [-0.15, -0.1) is 24.8 Å². The van der Waals surface area contributed by atoms with Gasteiger partial charge in [-0.3, -0.25) is 9.78 Å². The topological polar surface area (TPSA) is 50.2 Å². The standard InChI is InChI=1S/C21H30N4O.2ClH/c1-16-14-20(17(2)25(16)15-19-6-4-5-10-23-19)21(26)24-12-8-18(9-13-24)7-11-22-3;;/h4-6,10,14,18,22H,7-9,11-13,15H2,1-3H3;2*1H. The Labute approximate surface area is 180 Å². The fraction of sp³-hybridized carbons (Fsp3) is 0.524. The Morgan fingerprint density at radius 3 is 2.54 bits per heavy atom. The normalized spacial score (nSPS) is 14.3. The fourth-order valence-corrected chi connectivity index (χ4v) is 3.86. The van der Waals surface area contributed by atoms with Crippen LogP contribution in [0, 0.1) is 19.8 Å². The largest absolute Gasteiger partial charge is 0.342 e. The summed E-state index contributed by atoms with van der Waals surface area (Å²) in [7, 11) is 2.00. The van der Waals surface area contributed by atoms with Crippen molar-refractivity contribution in [1.82, 2.24) is 19.8 Å². The van der Waals surface area contributed by atoms with E-state index in [0.29, 0.717) is 6.54 Å². The lowest BCUT2D eigenvalue weighted by molar-refractivity contribution is 0.0686. The minimum Gasteiger partial charge on any atom is -0.342 e. The van der Waals surface area contributed by atoms with Gasteiger partial charge in [0.1, 0.15) is 0 Å². The van der Waals surface area contributed by atoms with Gasteiger partial charge in [0.25, 0.3) is 5.91 Å². The fourth-order valence-electron chi connectivity index (χ4n) is 3.86. The first-order chi connectivity index (χ1) is 12.6. The van der Waals surface area contributed by atoms with Crippen molar-refractivity contribution in [2.75, 3.05) is 26.7 Å². The van der Waals surface area contributed by atoms with Crippen molar-refractivity contribution in [2.24, 2.45) is 5.92 Å². The minimum absolute atomic E-state index is 0. The molecule has 28 heavy (non-hydrogen) atoms. The third-order valence-electron chi connectivity index (χ3n) is 5.55. The second kappa shape index (κ2) is 11.4. The van der Waals surface area contributed by atoms with E-state index < -0.39 is 0 Å². The van der Waals surface area contributed by atoms with E-state index in [1.807, 2.05) is 49.3 Å². The molecule has 1 aliphatic rings. The van der Waals surface area contributed by atoms with Crippen LogP contribution in [0.4, 0.5) is 0 Å². The first-order valence-electron chi connectivity index (χ1n) is 9.60. The molecule has 0 aliphatic carbocycles. The zero-order valence-electron chi connectivity index (χ0n) is 17.0. The van der Waals surface area contributed by atoms with Gasteiger partial charge in [-0.2, -0.15) is 0 Å². The maximum absolute atomic E-state index is 13.0. The van der Waals surface area contributed by atoms with E-state index in [1.54, 1.807) is 0 Å². The molecule has 2 aromatic rings. The Kier molecular flexibility index (Phi) is 10.0. The zero-order chi connectivity index (χ0) is 18.5. The Hall–Kier alpha value is -1.56. The number of aryl methyl sites for hydroxylation is 1. The predicted molar refractivity (Wildman–Crippen MR) is 119 cm³/mol. The average Bonchev–Trinajstić information content (AvgIpc) is 2.95. The summed E-state index contributed by atoms with van der Waals surface area (Å²) in [4.78, 5) is 19.5. The molecular weight excluding hydrogens is 395 g/mol. The van der Waals surface area contributed by atoms with Crippen molar-refractivity contribution in [1.29, 1.82) is 0 Å². The molecule has 0 atom stereocenters. The predicted octanol–water partition coefficient (Wildman–Crippen LogP) is 3.85. The lowest BCUT2D eigenvalue weighted by Gasteiger charge is -2.32. The molecule has 0 saturated carbocycles. The molecule has 1 amide bonds. The van der Waals surface area contributed by atoms with Gasteiger partial charge in [0, 0.05) is 30.7 Å². The van der Waals surface area contributed by atoms with Gasteiger partial charge >= 0.3 is 0 Å². The SMILES string of the molecule is CNCCC1CCN(C(=O)c2cc(C)n(Cc3ccccn3)c2C)CC1.Cl.Cl. The second-order valence-corrected chi connectivity index (χ2v) is 7.32. The van der Waals surface area contributed by atoms with E-state index >= 15 is 0 Å². The summed E-state index contributed by atoms with van der Waals surface area (Å²) in [5.74, 6) is 0.917. The van der Waals surface area contributed by atoms with Crippen LogP contribution in [-0.4, -0.2) is 47.0 Å². The summed E-state index contributed by atoms with van der Waals surface area (Å²) < 4.78 is 2.19. The number of amides is 1. The van der Waals surface area contributed by atoms with Gasteiger partial charge in [0.2, 0.25) is 0 Å². The molecule has 3 rings (SSSR count). The molecule has 1 N–H and O–H groups in total. The van der Waals surface area contributed by atoms with Gasteiger partial charge in [0.05, 0.1) is 17.8 Å². The summed E-state index contributed by atoms with van der Waals surface area (Å²) in [5, 5.41) is 3.22. The number of pyridine rings is 1. The van der Waals surface area contributed by atoms with Crippen LogP contribution in [0.15, 0.2) is 30.5 Å². The Bertz CT molecular complexity index is 740. The quantitative estimate of drug-likeness (QED) is 0.762. The maximum atomic E-state index is 13.0. The third kappa shape index (κ3) is 5.72. The maximum Gasteiger partial charge on any atom is 0.255 e. The number of carbonyl (C=O) groups excluding carboxylic acids is 1. The van der Waals surface area contributed by atoms with Gasteiger partial charge in [-0.05, 0) is 70.8 Å². The molecule has 156 valence electrons. The lowest BCUT2D eigenvalue weighted by Crippen LogP contribution is -2.39. The van der Waals surface area contributed by atoms with Crippen LogP contribution in [0.3, 0.4) is 0 Å². The van der Waals surface area contributed by atoms with Crippen molar-refractivity contribution < 1.29 is 4.79 Å². The number of likely N-dealkylation sites (tertiary alicyclic amines) is 1. The summed E-state index contributed by atoms with van der Waals surface area (Å²) in [5.41, 5.74) is 4.00. The summed E-state index contributed by atoms with van der Waals surface area (Å²) in [6.07, 6.45) is 5.24. The van der Waals surface area contributed by atoms with Crippen LogP contribution in [0.5, 0.6) is 0 Å². The van der Waals surface area contributed by atoms with Gasteiger partial charge in [0.15, 0.2) is 0 Å². The molecule has 5 nitrogen and oxygen atoms in total. The second-order valence-electron chi connectivity index (χ2n) is 7.32. The van der Waals surface area contributed by atoms with E-state index in [0.717, 1.165) is 61.0 Å². The van der Waals surface area contributed by atoms with Crippen LogP contribution in [0.25, 0.3) is 0 Å². The zero-order valence-corrected chi connectivity index (χ0v) is 18.6. The van der Waals surface area contributed by atoms with E-state index in [1.165, 1.54) is 6.42 Å². The van der Waals surface area contributed by atoms with E-state index in [2.05, 4.69) is 21.8 Å². The first kappa shape index (κ1) is 24.5. The van der Waals surface area contributed by atoms with Gasteiger partial charge in [-0.1, -0.05) is 6.07 Å². The molecule has 7 heteroatoms. The van der Waals surface area contributed by atoms with Crippen LogP contribution in [0.2, 0.25) is 0 Å². The summed E-state index contributed by atoms with van der Waals surface area (Å²) >= 11 is 0. The molecular formula is C21H32Cl2N4O. The molecule has 1 aliphatic heterocycles. The highest BCUT2D eigenvalue weighted by Gasteiger charge is 2.26. The molecule has 2 aromatic heterocycles. The van der Waals surface area contributed by atoms with Crippen molar-refractivity contribution in [3.05, 3.63) is 53.1 Å². The number of nitrogens with zero attached hydrogens (tertiary/aromatic N) is 3. The van der Waals surface area contributed by atoms with Gasteiger partial charge in [-0.25, -0.2) is 0 Å². The Balaban J connectivity index is 0.00000196. The van der Waals surface area contributed by atoms with Crippen LogP contribution in [-0.2, 0) is 6.54 Å². The molecule has 0 bridgehead atoms. The monoisotopic (exact) mass is 426 g/mol. The lowest BCUT2D eigenvalue weighted by atomic mass is 9.93. The first-order valence-corrected chi connectivity index (χ1v) is 9.60. The number of halogens is 2. The molecule has 1 fully saturated rings. The van der Waals surface area contributed by atoms with E-state index in [-0.39, 0.29) is 30.7 Å². The number of nitrogens with one attached hydrogen (secondary N) is 1. The van der Waals surface area contributed by atoms with E-state index in [4.69, 9.17) is 0 Å². The molecule has 3 heterocycles. The van der Waals surface area contributed by atoms with Crippen molar-refractivity contribution >= 4 is 30.7 Å². The number of hydrogen-bond acceptors (Lipinski definition) is 3. The summed E-state index contributed by atoms with van der Waals surface area (Å²) in [6.45, 7) is 7.62. The summed E-state index contributed by atoms with van der Waals surface area (Å²) in [6, 6.07) is 7.98. The number of piperidine rings is 1. The highest BCUT2D eigenvalue weighted by molar-refractivity contribution is 5.95. The Morgan fingerprint density at radius 2 is 1.93 bits per heavy atom. The molecule has 0 radical (unpaired) electrons. The average molecular weight is 427 g/mol. The van der Waals surface area contributed by atoms with Crippen LogP contribution in [0.1, 0.15) is 46.7 Å². The molecule has 0 spiro atoms. The Morgan fingerprint density at radius 1 is 1.21 bits per heavy atom. The van der Waals surface area contributed by atoms with Crippen molar-refractivity contribution in [3.63, 3.8) is 0 Å². The number of rotatable bonds is 6. The molecule has 1 saturated heterocycles. The highest BCUT2D eigenvalue weighted by Crippen LogP contribution is 2.24. The van der Waals surface area contributed by atoms with E-state index in [9.17, 15) is 4.79 Å². The third-order valence-corrected chi connectivity index (χ3v) is 5.55. The minimum atomic E-state index is 0. The van der Waals surface area contributed by atoms with Crippen LogP contribution >= 0.6 is 24.8 Å².